The quantitative estimate of drug-likeness (QED) is 0.767. The molecule has 6 nitrogen and oxygen atoms in total. The van der Waals surface area contributed by atoms with E-state index in [1.54, 1.807) is 0 Å². The Bertz CT molecular complexity index is 429. The van der Waals surface area contributed by atoms with Crippen LogP contribution in [0.3, 0.4) is 0 Å². The molecule has 0 radical (unpaired) electrons. The lowest BCUT2D eigenvalue weighted by Crippen LogP contribution is -2.33. The largest absolute Gasteiger partial charge is 0.350 e. The summed E-state index contributed by atoms with van der Waals surface area (Å²) in [6, 6.07) is 4.97. The maximum absolute atomic E-state index is 11.6. The molecule has 0 unspecified atom stereocenters. The van der Waals surface area contributed by atoms with E-state index < -0.39 is 5.91 Å². The van der Waals surface area contributed by atoms with E-state index in [2.05, 4.69) is 10.5 Å². The summed E-state index contributed by atoms with van der Waals surface area (Å²) in [5.74, 6) is -0.416. The number of hydroxylamine groups is 1. The van der Waals surface area contributed by atoms with E-state index in [0.717, 1.165) is 19.3 Å². The number of hydrogen-bond acceptors (Lipinski definition) is 4. The van der Waals surface area contributed by atoms with Crippen molar-refractivity contribution in [3.05, 3.63) is 23.5 Å². The zero-order valence-electron chi connectivity index (χ0n) is 9.23. The van der Waals surface area contributed by atoms with Gasteiger partial charge in [0.05, 0.1) is 0 Å². The van der Waals surface area contributed by atoms with E-state index >= 15 is 0 Å². The fraction of sp³-hybridized carbons (Fsp3) is 0.455. The van der Waals surface area contributed by atoms with Gasteiger partial charge in [-0.25, -0.2) is 10.3 Å². The predicted molar refractivity (Wildman–Crippen MR) is 57.6 cm³/mol. The minimum absolute atomic E-state index is 0.289. The molecule has 0 aliphatic carbocycles. The smallest absolute Gasteiger partial charge is 0.291 e. The van der Waals surface area contributed by atoms with Gasteiger partial charge in [-0.3, -0.25) is 4.79 Å². The second kappa shape index (κ2) is 5.48. The van der Waals surface area contributed by atoms with Gasteiger partial charge in [-0.05, 0) is 25.0 Å². The van der Waals surface area contributed by atoms with Crippen LogP contribution in [0.1, 0.15) is 35.4 Å². The summed E-state index contributed by atoms with van der Waals surface area (Å²) in [7, 11) is 0. The van der Waals surface area contributed by atoms with Gasteiger partial charge in [0, 0.05) is 13.0 Å². The van der Waals surface area contributed by atoms with Crippen LogP contribution in [-0.4, -0.2) is 23.8 Å². The van der Waals surface area contributed by atoms with Crippen molar-refractivity contribution < 1.29 is 14.4 Å². The van der Waals surface area contributed by atoms with Gasteiger partial charge in [0.25, 0.3) is 5.91 Å². The molecule has 1 aromatic rings. The summed E-state index contributed by atoms with van der Waals surface area (Å²) in [6.45, 7) is 0.654. The number of rotatable bonds is 3. The van der Waals surface area contributed by atoms with Gasteiger partial charge in [0.15, 0.2) is 6.29 Å². The maximum Gasteiger partial charge on any atom is 0.291 e. The van der Waals surface area contributed by atoms with Crippen LogP contribution in [0.5, 0.6) is 0 Å². The van der Waals surface area contributed by atoms with Gasteiger partial charge in [0.1, 0.15) is 17.5 Å². The molecule has 2 rings (SSSR count). The molecule has 17 heavy (non-hydrogen) atoms. The number of carbonyl (C=O) groups excluding carboxylic acids is 1. The number of nitrogens with zero attached hydrogens (tertiary/aromatic N) is 1. The molecule has 1 fully saturated rings. The summed E-state index contributed by atoms with van der Waals surface area (Å²) < 4.78 is 5.29. The van der Waals surface area contributed by atoms with Gasteiger partial charge in [0.2, 0.25) is 0 Å². The van der Waals surface area contributed by atoms with E-state index in [9.17, 15) is 4.79 Å². The molecule has 1 aromatic heterocycles. The van der Waals surface area contributed by atoms with Crippen LogP contribution in [0, 0.1) is 11.3 Å². The van der Waals surface area contributed by atoms with Crippen LogP contribution >= 0.6 is 0 Å². The summed E-state index contributed by atoms with van der Waals surface area (Å²) in [6.07, 6.45) is 2.45. The molecule has 6 heteroatoms. The highest BCUT2D eigenvalue weighted by molar-refractivity contribution is 5.91. The molecule has 2 heterocycles. The first-order valence-corrected chi connectivity index (χ1v) is 5.46. The molecule has 1 aliphatic heterocycles. The van der Waals surface area contributed by atoms with Crippen LogP contribution in [0.4, 0.5) is 0 Å². The molecule has 1 amide bonds. The number of aromatic nitrogens is 1. The minimum Gasteiger partial charge on any atom is -0.350 e. The van der Waals surface area contributed by atoms with Crippen LogP contribution in [0.15, 0.2) is 12.1 Å². The highest BCUT2D eigenvalue weighted by atomic mass is 16.8. The highest BCUT2D eigenvalue weighted by Crippen LogP contribution is 2.12. The molecule has 1 saturated heterocycles. The topological polar surface area (TPSA) is 87.1 Å². The molecule has 0 aromatic carbocycles. The second-order valence-corrected chi connectivity index (χ2v) is 3.74. The normalized spacial score (nSPS) is 19.6. The minimum atomic E-state index is -0.416. The number of amides is 1. The van der Waals surface area contributed by atoms with Gasteiger partial charge in [-0.15, -0.1) is 0 Å². The van der Waals surface area contributed by atoms with Crippen LogP contribution in [0.25, 0.3) is 0 Å². The third-order valence-electron chi connectivity index (χ3n) is 2.47. The van der Waals surface area contributed by atoms with Crippen LogP contribution in [-0.2, 0) is 9.57 Å². The predicted octanol–water partition coefficient (Wildman–Crippen LogP) is 1.07. The van der Waals surface area contributed by atoms with E-state index in [1.807, 2.05) is 6.07 Å². The van der Waals surface area contributed by atoms with E-state index in [-0.39, 0.29) is 12.0 Å². The van der Waals surface area contributed by atoms with Crippen molar-refractivity contribution in [2.45, 2.75) is 25.6 Å². The zero-order valence-corrected chi connectivity index (χ0v) is 9.23. The lowest BCUT2D eigenvalue weighted by Gasteiger charge is -2.21. The Hall–Kier alpha value is -1.84. The summed E-state index contributed by atoms with van der Waals surface area (Å²) >= 11 is 0. The van der Waals surface area contributed by atoms with Crippen LogP contribution in [0.2, 0.25) is 0 Å². The van der Waals surface area contributed by atoms with Gasteiger partial charge < -0.3 is 9.72 Å². The Morgan fingerprint density at radius 2 is 2.47 bits per heavy atom. The van der Waals surface area contributed by atoms with Crippen molar-refractivity contribution >= 4 is 5.91 Å². The first kappa shape index (κ1) is 11.6. The number of aromatic amines is 1. The Morgan fingerprint density at radius 3 is 3.12 bits per heavy atom. The summed E-state index contributed by atoms with van der Waals surface area (Å²) in [5.41, 5.74) is 2.93. The standard InChI is InChI=1S/C11H13N3O3/c12-7-8-4-5-9(13-8)11(15)14-17-10-3-1-2-6-16-10/h4-5,10,13H,1-3,6H2,(H,14,15)/t10-/m0/s1. The van der Waals surface area contributed by atoms with Crippen molar-refractivity contribution in [2.24, 2.45) is 0 Å². The third-order valence-corrected chi connectivity index (χ3v) is 2.47. The third kappa shape index (κ3) is 3.06. The average molecular weight is 235 g/mol. The number of nitrogens with one attached hydrogen (secondary N) is 2. The van der Waals surface area contributed by atoms with Crippen molar-refractivity contribution in [1.29, 1.82) is 5.26 Å². The molecule has 0 saturated carbocycles. The van der Waals surface area contributed by atoms with Gasteiger partial charge in [-0.1, -0.05) is 0 Å². The van der Waals surface area contributed by atoms with Gasteiger partial charge in [-0.2, -0.15) is 5.26 Å². The molecule has 2 N–H and O–H groups in total. The van der Waals surface area contributed by atoms with Crippen molar-refractivity contribution in [2.75, 3.05) is 6.61 Å². The van der Waals surface area contributed by atoms with E-state index in [0.29, 0.717) is 12.3 Å². The number of carbonyl (C=O) groups is 1. The Labute approximate surface area is 98.5 Å². The number of ether oxygens (including phenoxy) is 1. The summed E-state index contributed by atoms with van der Waals surface area (Å²) in [4.78, 5) is 19.4. The fourth-order valence-electron chi connectivity index (χ4n) is 1.57. The fourth-order valence-corrected chi connectivity index (χ4v) is 1.57. The SMILES string of the molecule is N#Cc1ccc(C(=O)NO[C@H]2CCCCO2)[nH]1. The maximum atomic E-state index is 11.6. The summed E-state index contributed by atoms with van der Waals surface area (Å²) in [5, 5.41) is 8.60. The second-order valence-electron chi connectivity index (χ2n) is 3.74. The zero-order chi connectivity index (χ0) is 12.1. The number of H-pyrrole nitrogens is 1. The highest BCUT2D eigenvalue weighted by Gasteiger charge is 2.16. The average Bonchev–Trinajstić information content (AvgIpc) is 2.86. The first-order valence-electron chi connectivity index (χ1n) is 5.46. The number of hydrogen-bond donors (Lipinski definition) is 2. The lowest BCUT2D eigenvalue weighted by molar-refractivity contribution is -0.186. The van der Waals surface area contributed by atoms with E-state index in [1.165, 1.54) is 12.1 Å². The molecule has 0 spiro atoms. The van der Waals surface area contributed by atoms with Crippen molar-refractivity contribution in [3.8, 4) is 6.07 Å². The van der Waals surface area contributed by atoms with E-state index in [4.69, 9.17) is 14.8 Å². The lowest BCUT2D eigenvalue weighted by atomic mass is 10.2. The molecular formula is C11H13N3O3. The molecule has 90 valence electrons. The van der Waals surface area contributed by atoms with Crippen molar-refractivity contribution in [1.82, 2.24) is 10.5 Å². The molecular weight excluding hydrogens is 222 g/mol. The Balaban J connectivity index is 1.82. The first-order chi connectivity index (χ1) is 8.29. The molecule has 1 aliphatic rings. The Morgan fingerprint density at radius 1 is 1.59 bits per heavy atom. The molecule has 0 bridgehead atoms. The Kier molecular flexibility index (Phi) is 3.75. The number of nitriles is 1. The van der Waals surface area contributed by atoms with Gasteiger partial charge >= 0.3 is 0 Å². The molecule has 1 atom stereocenters. The van der Waals surface area contributed by atoms with Crippen molar-refractivity contribution in [3.63, 3.8) is 0 Å². The monoisotopic (exact) mass is 235 g/mol. The van der Waals surface area contributed by atoms with Crippen LogP contribution < -0.4 is 5.48 Å².